The lowest BCUT2D eigenvalue weighted by Crippen LogP contribution is -2.25. The maximum absolute atomic E-state index is 4.36. The zero-order valence-electron chi connectivity index (χ0n) is 16.2. The summed E-state index contributed by atoms with van der Waals surface area (Å²) in [6, 6.07) is 13.3. The van der Waals surface area contributed by atoms with E-state index in [9.17, 15) is 0 Å². The second kappa shape index (κ2) is 9.67. The molecule has 0 bridgehead atoms. The fourth-order valence-electron chi connectivity index (χ4n) is 3.62. The molecule has 0 spiro atoms. The first kappa shape index (κ1) is 20.3. The molecule has 0 aliphatic carbocycles. The van der Waals surface area contributed by atoms with Gasteiger partial charge in [0, 0.05) is 48.1 Å². The van der Waals surface area contributed by atoms with Gasteiger partial charge in [-0.15, -0.1) is 12.4 Å². The first-order chi connectivity index (χ1) is 13.3. The smallest absolute Gasteiger partial charge is 0.137 e. The van der Waals surface area contributed by atoms with Crippen LogP contribution in [0, 0.1) is 0 Å². The van der Waals surface area contributed by atoms with Crippen molar-refractivity contribution in [3.8, 4) is 0 Å². The van der Waals surface area contributed by atoms with Crippen molar-refractivity contribution in [3.05, 3.63) is 72.3 Å². The number of pyridine rings is 2. The van der Waals surface area contributed by atoms with Crippen LogP contribution in [0.15, 0.2) is 61.2 Å². The second-order valence-corrected chi connectivity index (χ2v) is 7.30. The molecule has 4 nitrogen and oxygen atoms in total. The molecule has 0 fully saturated rings. The normalized spacial score (nSPS) is 12.2. The lowest BCUT2D eigenvalue weighted by atomic mass is 10.0. The Bertz CT molecular complexity index is 1030. The summed E-state index contributed by atoms with van der Waals surface area (Å²) < 4.78 is 0. The number of halogens is 1. The topological polar surface area (TPSA) is 53.6 Å². The summed E-state index contributed by atoms with van der Waals surface area (Å²) in [7, 11) is 0. The first-order valence-electron chi connectivity index (χ1n) is 9.76. The van der Waals surface area contributed by atoms with E-state index in [1.54, 1.807) is 0 Å². The Labute approximate surface area is 172 Å². The van der Waals surface area contributed by atoms with Crippen molar-refractivity contribution in [2.24, 2.45) is 0 Å². The van der Waals surface area contributed by atoms with E-state index in [2.05, 4.69) is 63.7 Å². The van der Waals surface area contributed by atoms with Gasteiger partial charge in [-0.1, -0.05) is 18.6 Å². The Hall–Kier alpha value is -2.43. The van der Waals surface area contributed by atoms with Crippen molar-refractivity contribution < 1.29 is 0 Å². The van der Waals surface area contributed by atoms with Crippen molar-refractivity contribution in [3.63, 3.8) is 0 Å². The minimum absolute atomic E-state index is 0. The van der Waals surface area contributed by atoms with Gasteiger partial charge in [0.2, 0.25) is 0 Å². The Balaban J connectivity index is 0.00000225. The summed E-state index contributed by atoms with van der Waals surface area (Å²) in [5.41, 5.74) is 3.70. The zero-order chi connectivity index (χ0) is 18.5. The highest BCUT2D eigenvalue weighted by Crippen LogP contribution is 2.18. The third kappa shape index (κ3) is 4.89. The summed E-state index contributed by atoms with van der Waals surface area (Å²) in [5.74, 6) is 0. The SMILES string of the molecule is C[C@H](CCCCc1c[nH]c2ncccc12)NCc1ccc2cnccc2c1.Cl. The van der Waals surface area contributed by atoms with Crippen LogP contribution >= 0.6 is 12.4 Å². The highest BCUT2D eigenvalue weighted by atomic mass is 35.5. The molecule has 0 radical (unpaired) electrons. The molecule has 1 atom stereocenters. The largest absolute Gasteiger partial charge is 0.346 e. The molecule has 0 amide bonds. The number of hydrogen-bond acceptors (Lipinski definition) is 3. The van der Waals surface area contributed by atoms with Crippen molar-refractivity contribution in [1.82, 2.24) is 20.3 Å². The minimum atomic E-state index is 0. The number of aryl methyl sites for hydroxylation is 1. The number of aromatic nitrogens is 3. The molecule has 3 aromatic heterocycles. The predicted molar refractivity (Wildman–Crippen MR) is 119 cm³/mol. The van der Waals surface area contributed by atoms with Gasteiger partial charge in [-0.05, 0) is 67.0 Å². The summed E-state index contributed by atoms with van der Waals surface area (Å²) in [4.78, 5) is 11.8. The fraction of sp³-hybridized carbons (Fsp3) is 0.304. The van der Waals surface area contributed by atoms with Crippen LogP contribution in [-0.2, 0) is 13.0 Å². The van der Waals surface area contributed by atoms with Crippen LogP contribution < -0.4 is 5.32 Å². The molecule has 0 aliphatic heterocycles. The van der Waals surface area contributed by atoms with Gasteiger partial charge in [-0.2, -0.15) is 0 Å². The molecule has 3 heterocycles. The van der Waals surface area contributed by atoms with E-state index in [4.69, 9.17) is 0 Å². The molecule has 0 saturated carbocycles. The van der Waals surface area contributed by atoms with Gasteiger partial charge in [-0.25, -0.2) is 4.98 Å². The zero-order valence-corrected chi connectivity index (χ0v) is 17.0. The van der Waals surface area contributed by atoms with Gasteiger partial charge in [0.15, 0.2) is 0 Å². The monoisotopic (exact) mass is 394 g/mol. The quantitative estimate of drug-likeness (QED) is 0.392. The Morgan fingerprint density at radius 2 is 2.00 bits per heavy atom. The third-order valence-electron chi connectivity index (χ3n) is 5.23. The lowest BCUT2D eigenvalue weighted by Gasteiger charge is -2.14. The number of nitrogens with zero attached hydrogens (tertiary/aromatic N) is 2. The van der Waals surface area contributed by atoms with Crippen LogP contribution in [0.5, 0.6) is 0 Å². The average molecular weight is 395 g/mol. The number of unbranched alkanes of at least 4 members (excludes halogenated alkanes) is 1. The molecule has 0 aliphatic rings. The molecular weight excluding hydrogens is 368 g/mol. The predicted octanol–water partition coefficient (Wildman–Crippen LogP) is 5.42. The van der Waals surface area contributed by atoms with Crippen LogP contribution in [0.1, 0.15) is 37.3 Å². The molecule has 4 rings (SSSR count). The van der Waals surface area contributed by atoms with Crippen molar-refractivity contribution in [2.45, 2.75) is 45.2 Å². The molecular formula is C23H27ClN4. The standard InChI is InChI=1S/C23H26N4.ClH/c1-17(26-14-18-8-9-20-15-24-12-10-19(20)13-18)5-2-3-6-21-16-27-23-22(21)7-4-11-25-23;/h4,7-13,15-17,26H,2-3,5-6,14H2,1H3,(H,25,27);1H/t17-;/m1./s1. The highest BCUT2D eigenvalue weighted by Gasteiger charge is 2.06. The molecule has 1 aromatic carbocycles. The first-order valence-corrected chi connectivity index (χ1v) is 9.76. The van der Waals surface area contributed by atoms with Gasteiger partial charge < -0.3 is 10.3 Å². The van der Waals surface area contributed by atoms with Gasteiger partial charge >= 0.3 is 0 Å². The van der Waals surface area contributed by atoms with Gasteiger partial charge in [0.05, 0.1) is 0 Å². The Morgan fingerprint density at radius 1 is 1.07 bits per heavy atom. The molecule has 28 heavy (non-hydrogen) atoms. The second-order valence-electron chi connectivity index (χ2n) is 7.30. The summed E-state index contributed by atoms with van der Waals surface area (Å²) in [5, 5.41) is 7.37. The van der Waals surface area contributed by atoms with E-state index < -0.39 is 0 Å². The van der Waals surface area contributed by atoms with Crippen LogP contribution in [0.25, 0.3) is 21.8 Å². The molecule has 146 valence electrons. The van der Waals surface area contributed by atoms with Gasteiger partial charge in [-0.3, -0.25) is 4.98 Å². The van der Waals surface area contributed by atoms with E-state index in [0.717, 1.165) is 18.6 Å². The van der Waals surface area contributed by atoms with E-state index in [1.807, 2.05) is 24.7 Å². The lowest BCUT2D eigenvalue weighted by molar-refractivity contribution is 0.489. The number of rotatable bonds is 8. The van der Waals surface area contributed by atoms with Gasteiger partial charge in [0.1, 0.15) is 5.65 Å². The van der Waals surface area contributed by atoms with E-state index in [1.165, 1.54) is 46.5 Å². The van der Waals surface area contributed by atoms with Crippen LogP contribution in [0.2, 0.25) is 0 Å². The van der Waals surface area contributed by atoms with Crippen molar-refractivity contribution >= 4 is 34.2 Å². The maximum atomic E-state index is 4.36. The van der Waals surface area contributed by atoms with Crippen LogP contribution in [-0.4, -0.2) is 21.0 Å². The average Bonchev–Trinajstić information content (AvgIpc) is 3.13. The van der Waals surface area contributed by atoms with Crippen LogP contribution in [0.4, 0.5) is 0 Å². The molecule has 0 saturated heterocycles. The third-order valence-corrected chi connectivity index (χ3v) is 5.23. The minimum Gasteiger partial charge on any atom is -0.346 e. The molecule has 0 unspecified atom stereocenters. The van der Waals surface area contributed by atoms with E-state index in [-0.39, 0.29) is 12.4 Å². The van der Waals surface area contributed by atoms with E-state index >= 15 is 0 Å². The number of fused-ring (bicyclic) bond motifs is 2. The Morgan fingerprint density at radius 3 is 2.93 bits per heavy atom. The number of H-pyrrole nitrogens is 1. The molecule has 4 aromatic rings. The highest BCUT2D eigenvalue weighted by molar-refractivity contribution is 5.85. The van der Waals surface area contributed by atoms with Crippen molar-refractivity contribution in [1.29, 1.82) is 0 Å². The summed E-state index contributed by atoms with van der Waals surface area (Å²) >= 11 is 0. The van der Waals surface area contributed by atoms with Gasteiger partial charge in [0.25, 0.3) is 0 Å². The number of nitrogens with one attached hydrogen (secondary N) is 2. The molecule has 5 heteroatoms. The van der Waals surface area contributed by atoms with Crippen LogP contribution in [0.3, 0.4) is 0 Å². The number of benzene rings is 1. The summed E-state index contributed by atoms with van der Waals surface area (Å²) in [6.07, 6.45) is 12.4. The number of aromatic amines is 1. The van der Waals surface area contributed by atoms with Crippen molar-refractivity contribution in [2.75, 3.05) is 0 Å². The Kier molecular flexibility index (Phi) is 7.01. The number of hydrogen-bond donors (Lipinski definition) is 2. The maximum Gasteiger partial charge on any atom is 0.137 e. The fourth-order valence-corrected chi connectivity index (χ4v) is 3.62. The van der Waals surface area contributed by atoms with E-state index in [0.29, 0.717) is 6.04 Å². The molecule has 2 N–H and O–H groups in total. The summed E-state index contributed by atoms with van der Waals surface area (Å²) in [6.45, 7) is 3.19.